The number of nitrogens with two attached hydrogens (primary N) is 1. The third-order valence-corrected chi connectivity index (χ3v) is 4.09. The molecular formula is C21H21F3N2O3. The highest BCUT2D eigenvalue weighted by Gasteiger charge is 2.31. The Balaban J connectivity index is 1.49. The Bertz CT molecular complexity index is 963. The van der Waals surface area contributed by atoms with Crippen molar-refractivity contribution >= 4 is 16.7 Å². The van der Waals surface area contributed by atoms with E-state index in [-0.39, 0.29) is 11.9 Å². The molecule has 0 spiro atoms. The van der Waals surface area contributed by atoms with Crippen LogP contribution in [-0.2, 0) is 0 Å². The molecule has 0 fully saturated rings. The van der Waals surface area contributed by atoms with Crippen LogP contribution < -0.4 is 19.9 Å². The Kier molecular flexibility index (Phi) is 6.31. The molecule has 1 heterocycles. The number of benzene rings is 2. The lowest BCUT2D eigenvalue weighted by molar-refractivity contribution is -0.274. The van der Waals surface area contributed by atoms with Gasteiger partial charge in [-0.05, 0) is 50.1 Å². The summed E-state index contributed by atoms with van der Waals surface area (Å²) in [5.41, 5.74) is 6.46. The molecule has 1 unspecified atom stereocenters. The molecule has 0 aliphatic rings. The third kappa shape index (κ3) is 6.17. The number of ether oxygens (including phenoxy) is 3. The van der Waals surface area contributed by atoms with Crippen LogP contribution >= 0.6 is 0 Å². The van der Waals surface area contributed by atoms with Gasteiger partial charge < -0.3 is 19.9 Å². The minimum Gasteiger partial charge on any atom is -0.491 e. The van der Waals surface area contributed by atoms with E-state index >= 15 is 0 Å². The topological polar surface area (TPSA) is 66.6 Å². The summed E-state index contributed by atoms with van der Waals surface area (Å²) < 4.78 is 52.3. The fourth-order valence-electron chi connectivity index (χ4n) is 2.84. The predicted octanol–water partition coefficient (Wildman–Crippen LogP) is 5.34. The number of para-hydroxylation sites is 1. The van der Waals surface area contributed by atoms with Gasteiger partial charge in [-0.25, -0.2) is 4.98 Å². The average molecular weight is 406 g/mol. The number of fused-ring (bicyclic) bond motifs is 1. The van der Waals surface area contributed by atoms with Crippen molar-refractivity contribution in [1.82, 2.24) is 4.98 Å². The lowest BCUT2D eigenvalue weighted by Gasteiger charge is -2.16. The quantitative estimate of drug-likeness (QED) is 0.512. The zero-order chi connectivity index (χ0) is 20.9. The third-order valence-electron chi connectivity index (χ3n) is 4.09. The molecule has 3 aromatic rings. The number of nitrogens with zero attached hydrogens (tertiary/aromatic N) is 1. The molecule has 0 saturated heterocycles. The molecular weight excluding hydrogens is 385 g/mol. The first-order valence-electron chi connectivity index (χ1n) is 9.11. The summed E-state index contributed by atoms with van der Waals surface area (Å²) in [6.07, 6.45) is -3.59. The van der Waals surface area contributed by atoms with Gasteiger partial charge in [0.2, 0.25) is 0 Å². The highest BCUT2D eigenvalue weighted by Crippen LogP contribution is 2.27. The van der Waals surface area contributed by atoms with Crippen LogP contribution in [-0.4, -0.2) is 24.1 Å². The molecule has 154 valence electrons. The van der Waals surface area contributed by atoms with Crippen LogP contribution in [0, 0.1) is 0 Å². The van der Waals surface area contributed by atoms with Gasteiger partial charge in [0, 0.05) is 11.5 Å². The van der Waals surface area contributed by atoms with Gasteiger partial charge >= 0.3 is 6.36 Å². The first-order valence-corrected chi connectivity index (χ1v) is 9.11. The molecule has 0 aliphatic heterocycles. The van der Waals surface area contributed by atoms with E-state index in [2.05, 4.69) is 9.72 Å². The Hall–Kier alpha value is -3.16. The van der Waals surface area contributed by atoms with Crippen LogP contribution in [0.2, 0.25) is 0 Å². The second kappa shape index (κ2) is 8.89. The Morgan fingerprint density at radius 3 is 2.59 bits per heavy atom. The van der Waals surface area contributed by atoms with Crippen LogP contribution in [0.3, 0.4) is 0 Å². The summed E-state index contributed by atoms with van der Waals surface area (Å²) >= 11 is 0. The molecule has 0 amide bonds. The van der Waals surface area contributed by atoms with Crippen molar-refractivity contribution in [2.75, 3.05) is 12.3 Å². The van der Waals surface area contributed by atoms with Crippen molar-refractivity contribution in [2.45, 2.75) is 32.2 Å². The van der Waals surface area contributed by atoms with E-state index in [0.717, 1.165) is 5.39 Å². The summed E-state index contributed by atoms with van der Waals surface area (Å²) in [7, 11) is 0. The van der Waals surface area contributed by atoms with Gasteiger partial charge in [-0.2, -0.15) is 0 Å². The molecule has 0 saturated carbocycles. The van der Waals surface area contributed by atoms with Crippen molar-refractivity contribution in [3.8, 4) is 17.2 Å². The molecule has 0 aliphatic carbocycles. The molecule has 5 nitrogen and oxygen atoms in total. The lowest BCUT2D eigenvalue weighted by Crippen LogP contribution is -2.17. The Morgan fingerprint density at radius 2 is 1.79 bits per heavy atom. The highest BCUT2D eigenvalue weighted by atomic mass is 19.4. The van der Waals surface area contributed by atoms with E-state index in [4.69, 9.17) is 15.2 Å². The van der Waals surface area contributed by atoms with Gasteiger partial charge in [-0.1, -0.05) is 18.2 Å². The molecule has 1 atom stereocenters. The highest BCUT2D eigenvalue weighted by molar-refractivity contribution is 5.85. The van der Waals surface area contributed by atoms with E-state index in [1.165, 1.54) is 18.2 Å². The Labute approximate surface area is 166 Å². The minimum atomic E-state index is -4.73. The summed E-state index contributed by atoms with van der Waals surface area (Å²) in [5, 5.41) is 0.939. The predicted molar refractivity (Wildman–Crippen MR) is 104 cm³/mol. The molecule has 1 aromatic heterocycles. The fraction of sp³-hybridized carbons (Fsp3) is 0.286. The first-order chi connectivity index (χ1) is 13.8. The van der Waals surface area contributed by atoms with Crippen molar-refractivity contribution in [3.05, 3.63) is 54.6 Å². The van der Waals surface area contributed by atoms with E-state index in [1.807, 2.05) is 31.2 Å². The van der Waals surface area contributed by atoms with Crippen LogP contribution in [0.15, 0.2) is 54.6 Å². The lowest BCUT2D eigenvalue weighted by atomic mass is 10.2. The van der Waals surface area contributed by atoms with Gasteiger partial charge in [-0.15, -0.1) is 13.2 Å². The van der Waals surface area contributed by atoms with E-state index < -0.39 is 6.36 Å². The summed E-state index contributed by atoms with van der Waals surface area (Å²) in [6.45, 7) is 2.29. The minimum absolute atomic E-state index is 0.207. The number of nitrogen functional groups attached to an aromatic ring is 1. The molecule has 3 rings (SSSR count). The number of anilines is 1. The van der Waals surface area contributed by atoms with Gasteiger partial charge in [0.05, 0.1) is 12.7 Å². The number of halogens is 3. The normalized spacial score (nSPS) is 12.6. The standard InChI is InChI=1S/C21H21F3N2O3/c1-14(28-16-7-3-8-17(13-16)29-21(22,23)24)5-4-12-27-18-9-2-6-15-10-11-19(25)26-20(15)18/h2-3,6-11,13-14H,4-5,12H2,1H3,(H2,25,26). The smallest absolute Gasteiger partial charge is 0.491 e. The maximum atomic E-state index is 12.3. The molecule has 0 bridgehead atoms. The Morgan fingerprint density at radius 1 is 1.03 bits per heavy atom. The van der Waals surface area contributed by atoms with Crippen LogP contribution in [0.1, 0.15) is 19.8 Å². The molecule has 8 heteroatoms. The second-order valence-electron chi connectivity index (χ2n) is 6.51. The fourth-order valence-corrected chi connectivity index (χ4v) is 2.84. The van der Waals surface area contributed by atoms with E-state index in [0.29, 0.717) is 42.3 Å². The number of aromatic nitrogens is 1. The molecule has 2 N–H and O–H groups in total. The molecule has 29 heavy (non-hydrogen) atoms. The molecule has 2 aromatic carbocycles. The largest absolute Gasteiger partial charge is 0.573 e. The summed E-state index contributed by atoms with van der Waals surface area (Å²) in [4.78, 5) is 4.31. The second-order valence-corrected chi connectivity index (χ2v) is 6.51. The van der Waals surface area contributed by atoms with E-state index in [1.54, 1.807) is 12.1 Å². The number of pyridine rings is 1. The SMILES string of the molecule is CC(CCCOc1cccc2ccc(N)nc12)Oc1cccc(OC(F)(F)F)c1. The number of hydrogen-bond acceptors (Lipinski definition) is 5. The monoisotopic (exact) mass is 406 g/mol. The summed E-state index contributed by atoms with van der Waals surface area (Å²) in [5.74, 6) is 1.08. The van der Waals surface area contributed by atoms with Gasteiger partial charge in [0.25, 0.3) is 0 Å². The average Bonchev–Trinajstić information content (AvgIpc) is 2.64. The number of hydrogen-bond donors (Lipinski definition) is 1. The zero-order valence-corrected chi connectivity index (χ0v) is 15.8. The van der Waals surface area contributed by atoms with E-state index in [9.17, 15) is 13.2 Å². The maximum absolute atomic E-state index is 12.3. The summed E-state index contributed by atoms with van der Waals surface area (Å²) in [6, 6.07) is 14.8. The van der Waals surface area contributed by atoms with Crippen molar-refractivity contribution in [3.63, 3.8) is 0 Å². The van der Waals surface area contributed by atoms with Crippen molar-refractivity contribution < 1.29 is 27.4 Å². The zero-order valence-electron chi connectivity index (χ0n) is 15.8. The van der Waals surface area contributed by atoms with Crippen LogP contribution in [0.5, 0.6) is 17.2 Å². The van der Waals surface area contributed by atoms with Gasteiger partial charge in [0.1, 0.15) is 28.6 Å². The van der Waals surface area contributed by atoms with Crippen LogP contribution in [0.4, 0.5) is 19.0 Å². The van der Waals surface area contributed by atoms with Gasteiger partial charge in [0.15, 0.2) is 0 Å². The van der Waals surface area contributed by atoms with Crippen LogP contribution in [0.25, 0.3) is 10.9 Å². The van der Waals surface area contributed by atoms with Crippen molar-refractivity contribution in [2.24, 2.45) is 0 Å². The number of alkyl halides is 3. The first kappa shape index (κ1) is 20.6. The number of rotatable bonds is 8. The van der Waals surface area contributed by atoms with Gasteiger partial charge in [-0.3, -0.25) is 0 Å². The van der Waals surface area contributed by atoms with Crippen molar-refractivity contribution in [1.29, 1.82) is 0 Å². The maximum Gasteiger partial charge on any atom is 0.573 e. The molecule has 0 radical (unpaired) electrons.